The number of nitrogens with zero attached hydrogens (tertiary/aromatic N) is 4. The summed E-state index contributed by atoms with van der Waals surface area (Å²) in [6, 6.07) is 41.2. The van der Waals surface area contributed by atoms with Gasteiger partial charge in [-0.1, -0.05) is 83.1 Å². The first-order valence-corrected chi connectivity index (χ1v) is 18.3. The summed E-state index contributed by atoms with van der Waals surface area (Å²) in [5.74, 6) is 2.33. The summed E-state index contributed by atoms with van der Waals surface area (Å²) in [6.07, 6.45) is 3.85. The monoisotopic (exact) mass is 714 g/mol. The molecule has 6 aromatic heterocycles. The highest BCUT2D eigenvalue weighted by atomic mass is 32.1. The number of benzene rings is 4. The molecule has 0 aliphatic heterocycles. The lowest BCUT2D eigenvalue weighted by Crippen LogP contribution is -1.81. The Morgan fingerprint density at radius 2 is 1.10 bits per heavy atom. The number of thiophene rings is 2. The summed E-state index contributed by atoms with van der Waals surface area (Å²) in [4.78, 5) is 20.1. The summed E-state index contributed by atoms with van der Waals surface area (Å²) in [6.45, 7) is 4.24. The molecule has 0 saturated heterocycles. The van der Waals surface area contributed by atoms with Crippen molar-refractivity contribution in [2.24, 2.45) is 0 Å². The van der Waals surface area contributed by atoms with E-state index < -0.39 is 0 Å². The fourth-order valence-electron chi connectivity index (χ4n) is 6.33. The Kier molecular flexibility index (Phi) is 8.15. The maximum Gasteiger partial charge on any atom is 0.268 e. The normalized spacial score (nSPS) is 11.3. The van der Waals surface area contributed by atoms with Crippen molar-refractivity contribution in [2.45, 2.75) is 13.8 Å². The molecule has 10 rings (SSSR count). The van der Waals surface area contributed by atoms with Gasteiger partial charge in [0.05, 0.1) is 9.75 Å². The molecule has 0 saturated carbocycles. The van der Waals surface area contributed by atoms with Crippen LogP contribution in [-0.4, -0.2) is 30.2 Å². The van der Waals surface area contributed by atoms with Gasteiger partial charge in [0.2, 0.25) is 11.6 Å². The summed E-state index contributed by atoms with van der Waals surface area (Å²) < 4.78 is 11.1. The van der Waals surface area contributed by atoms with E-state index in [2.05, 4.69) is 98.7 Å². The van der Waals surface area contributed by atoms with E-state index in [0.29, 0.717) is 23.4 Å². The van der Waals surface area contributed by atoms with Crippen molar-refractivity contribution in [3.8, 4) is 66.6 Å². The number of hydrogen-bond acceptors (Lipinski definition) is 8. The Morgan fingerprint density at radius 3 is 1.77 bits per heavy atom. The van der Waals surface area contributed by atoms with Gasteiger partial charge >= 0.3 is 0 Å². The van der Waals surface area contributed by atoms with Gasteiger partial charge in [0, 0.05) is 55.1 Å². The minimum Gasteiger partial charge on any atom is -0.361 e. The van der Waals surface area contributed by atoms with E-state index in [0.717, 1.165) is 42.7 Å². The molecule has 10 aromatic rings. The van der Waals surface area contributed by atoms with Crippen molar-refractivity contribution in [3.05, 3.63) is 143 Å². The van der Waals surface area contributed by atoms with Crippen LogP contribution in [0.4, 0.5) is 0 Å². The SMILES string of the molecule is Cc1sc(-c2nc(-c3ccc4[nH]ccc4c3)no2)cc1-c1ccccc1.Cc1sc(-c2nc(-c3cccc4[nH]ccc34)no2)cc1-c1ccccc1. The van der Waals surface area contributed by atoms with Crippen LogP contribution in [0.2, 0.25) is 0 Å². The predicted octanol–water partition coefficient (Wildman–Crippen LogP) is 11.8. The highest BCUT2D eigenvalue weighted by Gasteiger charge is 2.18. The largest absolute Gasteiger partial charge is 0.361 e. The second kappa shape index (κ2) is 13.4. The van der Waals surface area contributed by atoms with Crippen LogP contribution < -0.4 is 0 Å². The Balaban J connectivity index is 0.000000138. The first-order valence-electron chi connectivity index (χ1n) is 16.7. The maximum atomic E-state index is 5.57. The number of aryl methyl sites for hydroxylation is 2. The third kappa shape index (κ3) is 6.04. The zero-order valence-corrected chi connectivity index (χ0v) is 29.8. The zero-order chi connectivity index (χ0) is 35.0. The number of fused-ring (bicyclic) bond motifs is 2. The summed E-state index contributed by atoms with van der Waals surface area (Å²) in [5.41, 5.74) is 8.89. The molecule has 0 amide bonds. The average molecular weight is 715 g/mol. The van der Waals surface area contributed by atoms with Gasteiger partial charge in [-0.3, -0.25) is 0 Å². The number of nitrogens with one attached hydrogen (secondary N) is 2. The van der Waals surface area contributed by atoms with E-state index in [1.165, 1.54) is 32.0 Å². The molecule has 0 fully saturated rings. The lowest BCUT2D eigenvalue weighted by Gasteiger charge is -1.97. The van der Waals surface area contributed by atoms with Gasteiger partial charge in [-0.25, -0.2) is 0 Å². The Morgan fingerprint density at radius 1 is 0.500 bits per heavy atom. The fourth-order valence-corrected chi connectivity index (χ4v) is 8.26. The number of aromatic nitrogens is 6. The number of rotatable bonds is 6. The number of aromatic amines is 2. The van der Waals surface area contributed by atoms with Crippen LogP contribution in [0.25, 0.3) is 88.4 Å². The molecule has 2 N–H and O–H groups in total. The van der Waals surface area contributed by atoms with Crippen molar-refractivity contribution >= 4 is 44.5 Å². The highest BCUT2D eigenvalue weighted by Crippen LogP contribution is 2.38. The molecule has 6 heterocycles. The molecule has 0 bridgehead atoms. The predicted molar refractivity (Wildman–Crippen MR) is 210 cm³/mol. The van der Waals surface area contributed by atoms with Crippen LogP contribution in [-0.2, 0) is 0 Å². The van der Waals surface area contributed by atoms with Gasteiger partial charge in [-0.2, -0.15) is 9.97 Å². The minimum absolute atomic E-state index is 0.558. The quantitative estimate of drug-likeness (QED) is 0.177. The smallest absolute Gasteiger partial charge is 0.268 e. The van der Waals surface area contributed by atoms with Crippen molar-refractivity contribution < 1.29 is 9.05 Å². The van der Waals surface area contributed by atoms with E-state index in [4.69, 9.17) is 9.05 Å². The standard InChI is InChI=1S/2C21H15N3OS/c1-13-17(14-6-3-2-4-7-14)12-19(26-13)21-23-20(24-25-21)16-8-5-9-18-15(16)10-11-22-18;1-13-17(14-5-3-2-4-6-14)12-19(26-13)21-23-20(24-25-21)16-7-8-18-15(11-16)9-10-22-18/h2*2-12,22H,1H3. The first kappa shape index (κ1) is 31.6. The molecule has 0 radical (unpaired) electrons. The molecular weight excluding hydrogens is 685 g/mol. The molecule has 8 nitrogen and oxygen atoms in total. The van der Waals surface area contributed by atoms with E-state index >= 15 is 0 Å². The second-order valence-electron chi connectivity index (χ2n) is 12.3. The van der Waals surface area contributed by atoms with Crippen LogP contribution >= 0.6 is 22.7 Å². The van der Waals surface area contributed by atoms with Gasteiger partial charge in [-0.05, 0) is 84.6 Å². The lowest BCUT2D eigenvalue weighted by atomic mass is 10.1. The summed E-state index contributed by atoms with van der Waals surface area (Å²) in [7, 11) is 0. The minimum atomic E-state index is 0.558. The summed E-state index contributed by atoms with van der Waals surface area (Å²) in [5, 5.41) is 10.6. The fraction of sp³-hybridized carbons (Fsp3) is 0.0476. The van der Waals surface area contributed by atoms with E-state index in [1.54, 1.807) is 22.7 Å². The molecule has 0 aliphatic rings. The third-order valence-corrected chi connectivity index (χ3v) is 11.0. The Bertz CT molecular complexity index is 2780. The third-order valence-electron chi connectivity index (χ3n) is 8.93. The van der Waals surface area contributed by atoms with E-state index in [1.807, 2.05) is 79.1 Å². The molecule has 0 atom stereocenters. The van der Waals surface area contributed by atoms with Crippen LogP contribution in [0.15, 0.2) is 143 Å². The van der Waals surface area contributed by atoms with Crippen LogP contribution in [0.5, 0.6) is 0 Å². The van der Waals surface area contributed by atoms with Crippen LogP contribution in [0.3, 0.4) is 0 Å². The van der Waals surface area contributed by atoms with Gasteiger partial charge < -0.3 is 19.0 Å². The first-order chi connectivity index (χ1) is 25.6. The molecular formula is C42H30N6O2S2. The molecule has 0 unspecified atom stereocenters. The van der Waals surface area contributed by atoms with E-state index in [9.17, 15) is 0 Å². The second-order valence-corrected chi connectivity index (χ2v) is 14.8. The molecule has 10 heteroatoms. The molecule has 52 heavy (non-hydrogen) atoms. The molecule has 4 aromatic carbocycles. The number of H-pyrrole nitrogens is 2. The highest BCUT2D eigenvalue weighted by molar-refractivity contribution is 7.16. The zero-order valence-electron chi connectivity index (χ0n) is 28.1. The molecule has 252 valence electrons. The van der Waals surface area contributed by atoms with Gasteiger partial charge in [-0.15, -0.1) is 22.7 Å². The molecule has 0 spiro atoms. The summed E-state index contributed by atoms with van der Waals surface area (Å²) >= 11 is 3.35. The van der Waals surface area contributed by atoms with Crippen molar-refractivity contribution in [3.63, 3.8) is 0 Å². The van der Waals surface area contributed by atoms with E-state index in [-0.39, 0.29) is 0 Å². The van der Waals surface area contributed by atoms with Crippen molar-refractivity contribution in [1.29, 1.82) is 0 Å². The van der Waals surface area contributed by atoms with Gasteiger partial charge in [0.15, 0.2) is 0 Å². The van der Waals surface area contributed by atoms with Gasteiger partial charge in [0.25, 0.3) is 11.8 Å². The van der Waals surface area contributed by atoms with Crippen LogP contribution in [0.1, 0.15) is 9.75 Å². The Hall–Kier alpha value is -6.36. The van der Waals surface area contributed by atoms with Crippen LogP contribution in [0, 0.1) is 13.8 Å². The Labute approximate surface area is 306 Å². The lowest BCUT2D eigenvalue weighted by molar-refractivity contribution is 0.433. The average Bonchev–Trinajstić information content (AvgIpc) is 4.04. The maximum absolute atomic E-state index is 5.57. The number of hydrogen-bond donors (Lipinski definition) is 2. The van der Waals surface area contributed by atoms with Gasteiger partial charge in [0.1, 0.15) is 0 Å². The topological polar surface area (TPSA) is 109 Å². The van der Waals surface area contributed by atoms with Crippen molar-refractivity contribution in [2.75, 3.05) is 0 Å². The van der Waals surface area contributed by atoms with Crippen molar-refractivity contribution in [1.82, 2.24) is 30.2 Å². The molecule has 0 aliphatic carbocycles.